The number of allylic oxidation sites excluding steroid dienone is 1. The summed E-state index contributed by atoms with van der Waals surface area (Å²) >= 11 is 0. The molecule has 0 aliphatic rings. The number of alkyl carbamates (subject to hydrolysis) is 2. The molecule has 5 aromatic carbocycles. The first-order valence-electron chi connectivity index (χ1n) is 41.7. The predicted molar refractivity (Wildman–Crippen MR) is 455 cm³/mol. The van der Waals surface area contributed by atoms with Crippen LogP contribution in [-0.4, -0.2) is 96.1 Å². The summed E-state index contributed by atoms with van der Waals surface area (Å²) in [6, 6.07) is 40.7. The lowest BCUT2D eigenvalue weighted by atomic mass is 9.92. The topological polar surface area (TPSA) is 192 Å². The number of unbranched alkanes of at least 4 members (excludes halogenated alkanes) is 24. The molecule has 0 radical (unpaired) electrons. The summed E-state index contributed by atoms with van der Waals surface area (Å²) in [5.41, 5.74) is 8.57. The summed E-state index contributed by atoms with van der Waals surface area (Å²) in [6.45, 7) is 34.8. The minimum atomic E-state index is -0.574. The SMILES string of the molecule is C=C(C)C(=O)OCCNC(=O)OCCOc1ccc(CCCCCCCCC)cc1.C=C(C)C(=O)OCCOc1ccc(CCCCCCCCC)cc1.C=C(C)c1cccc(C(C)(C)NC(=O)OCCOc2ccc(CCCCCCCCC)cc2)c1.C=CC(=O)OCCOc1ccc(CCCCCCCCC)cc1. The second-order valence-electron chi connectivity index (χ2n) is 29.0. The van der Waals surface area contributed by atoms with Gasteiger partial charge in [-0.15, -0.1) is 0 Å². The maximum absolute atomic E-state index is 12.3. The van der Waals surface area contributed by atoms with Gasteiger partial charge in [0.05, 0.1) is 12.1 Å². The average Bonchev–Trinajstić information content (AvgIpc) is 0.827. The molecule has 2 N–H and O–H groups in total. The highest BCUT2D eigenvalue weighted by molar-refractivity contribution is 5.87. The van der Waals surface area contributed by atoms with E-state index >= 15 is 0 Å². The van der Waals surface area contributed by atoms with Gasteiger partial charge in [0.2, 0.25) is 0 Å². The van der Waals surface area contributed by atoms with Crippen molar-refractivity contribution in [3.8, 4) is 23.0 Å². The van der Waals surface area contributed by atoms with E-state index in [1.807, 2.05) is 93.6 Å². The van der Waals surface area contributed by atoms with E-state index < -0.39 is 29.7 Å². The molecule has 616 valence electrons. The lowest BCUT2D eigenvalue weighted by molar-refractivity contribution is -0.140. The molecule has 111 heavy (non-hydrogen) atoms. The van der Waals surface area contributed by atoms with Crippen LogP contribution in [0.3, 0.4) is 0 Å². The minimum Gasteiger partial charge on any atom is -0.490 e. The molecule has 0 aliphatic carbocycles. The fourth-order valence-corrected chi connectivity index (χ4v) is 11.5. The average molecular weight is 1540 g/mol. The number of esters is 3. The Bertz CT molecular complexity index is 3290. The Morgan fingerprint density at radius 2 is 0.658 bits per heavy atom. The number of hydrogen-bond donors (Lipinski definition) is 2. The molecule has 0 saturated heterocycles. The maximum Gasteiger partial charge on any atom is 0.407 e. The number of aryl methyl sites for hydroxylation is 4. The van der Waals surface area contributed by atoms with Crippen LogP contribution in [0.5, 0.6) is 23.0 Å². The van der Waals surface area contributed by atoms with Crippen molar-refractivity contribution < 1.29 is 66.6 Å². The molecule has 0 unspecified atom stereocenters. The fourth-order valence-electron chi connectivity index (χ4n) is 11.5. The number of amides is 2. The van der Waals surface area contributed by atoms with Crippen LogP contribution in [-0.2, 0) is 69.3 Å². The van der Waals surface area contributed by atoms with Gasteiger partial charge >= 0.3 is 30.1 Å². The van der Waals surface area contributed by atoms with Crippen molar-refractivity contribution in [3.05, 3.63) is 198 Å². The van der Waals surface area contributed by atoms with Crippen molar-refractivity contribution in [2.45, 2.75) is 273 Å². The monoisotopic (exact) mass is 1540 g/mol. The Morgan fingerprint density at radius 3 is 0.973 bits per heavy atom. The van der Waals surface area contributed by atoms with Gasteiger partial charge in [0.15, 0.2) is 0 Å². The highest BCUT2D eigenvalue weighted by atomic mass is 16.6. The zero-order chi connectivity index (χ0) is 81.2. The van der Waals surface area contributed by atoms with Crippen LogP contribution in [0.2, 0.25) is 0 Å². The smallest absolute Gasteiger partial charge is 0.407 e. The van der Waals surface area contributed by atoms with E-state index in [1.54, 1.807) is 13.8 Å². The summed E-state index contributed by atoms with van der Waals surface area (Å²) < 4.78 is 47.5. The van der Waals surface area contributed by atoms with E-state index in [9.17, 15) is 24.0 Å². The molecule has 0 aliphatic heterocycles. The molecule has 0 heterocycles. The summed E-state index contributed by atoms with van der Waals surface area (Å²) in [6.07, 6.45) is 41.8. The minimum absolute atomic E-state index is 0.0719. The number of benzene rings is 5. The number of nitrogens with one attached hydrogen (secondary N) is 2. The molecule has 0 fully saturated rings. The molecule has 0 bridgehead atoms. The molecule has 16 nitrogen and oxygen atoms in total. The number of hydrogen-bond acceptors (Lipinski definition) is 14. The number of ether oxygens (including phenoxy) is 9. The number of rotatable bonds is 57. The molecule has 2 amide bonds. The molecule has 0 saturated carbocycles. The molecule has 5 rings (SSSR count). The summed E-state index contributed by atoms with van der Waals surface area (Å²) in [7, 11) is 0. The summed E-state index contributed by atoms with van der Waals surface area (Å²) in [4.78, 5) is 57.1. The third-order valence-corrected chi connectivity index (χ3v) is 18.3. The van der Waals surface area contributed by atoms with Crippen molar-refractivity contribution in [3.63, 3.8) is 0 Å². The lowest BCUT2D eigenvalue weighted by Crippen LogP contribution is -2.41. The van der Waals surface area contributed by atoms with Gasteiger partial charge in [-0.25, -0.2) is 24.0 Å². The van der Waals surface area contributed by atoms with Crippen LogP contribution < -0.4 is 29.6 Å². The van der Waals surface area contributed by atoms with E-state index in [0.717, 1.165) is 71.5 Å². The van der Waals surface area contributed by atoms with Crippen LogP contribution in [0.25, 0.3) is 5.57 Å². The zero-order valence-electron chi connectivity index (χ0n) is 69.9. The Hall–Kier alpha value is -8.79. The van der Waals surface area contributed by atoms with Crippen LogP contribution in [0.15, 0.2) is 165 Å². The molecular weight excluding hydrogens is 1390 g/mol. The quantitative estimate of drug-likeness (QED) is 0.0162. The Balaban J connectivity index is 0.000000509. The standard InChI is InChI=1S/C30H43NO3.C24H37NO5.C21H32O3.C20H30O3/c1-6-7-8-9-10-11-12-14-25-17-19-28(20-18-25)33-21-22-34-29(32)31-30(4,5)27-16-13-15-26(23-27)24(2)3;1-4-5-6-7-8-9-10-11-21-12-14-22(15-13-21)28-18-19-30-24(27)25-16-17-29-23(26)20(2)3;1-4-5-6-7-8-9-10-11-19-12-14-20(15-13-19)23-16-17-24-21(22)18(2)3;1-3-5-6-7-8-9-10-11-18-12-14-19(15-13-18)22-16-17-23-20(21)4-2/h13,15-20,23H,2,6-12,14,21-22H2,1,3-5H3,(H,31,32);12-15H,2,4-11,16-19H2,1,3H3,(H,25,27);12-15H,2,4-11,16-17H2,1,3H3;4,12-15H,2-3,5-11,16-17H2,1H3. The van der Waals surface area contributed by atoms with Crippen LogP contribution >= 0.6 is 0 Å². The van der Waals surface area contributed by atoms with Gasteiger partial charge < -0.3 is 53.3 Å². The van der Waals surface area contributed by atoms with Gasteiger partial charge in [0.25, 0.3) is 0 Å². The van der Waals surface area contributed by atoms with Gasteiger partial charge in [0.1, 0.15) is 82.5 Å². The zero-order valence-corrected chi connectivity index (χ0v) is 69.9. The van der Waals surface area contributed by atoms with Crippen molar-refractivity contribution in [2.75, 3.05) is 66.0 Å². The largest absolute Gasteiger partial charge is 0.490 e. The van der Waals surface area contributed by atoms with Gasteiger partial charge in [-0.05, 0) is 174 Å². The van der Waals surface area contributed by atoms with Crippen molar-refractivity contribution >= 4 is 35.7 Å². The van der Waals surface area contributed by atoms with E-state index in [0.29, 0.717) is 31.0 Å². The summed E-state index contributed by atoms with van der Waals surface area (Å²) in [5.74, 6) is 1.90. The van der Waals surface area contributed by atoms with Crippen molar-refractivity contribution in [2.24, 2.45) is 0 Å². The van der Waals surface area contributed by atoms with E-state index in [-0.39, 0.29) is 52.2 Å². The molecular formula is C95H142N2O14. The lowest BCUT2D eigenvalue weighted by Gasteiger charge is -2.27. The Labute approximate surface area is 670 Å². The third kappa shape index (κ3) is 52.9. The first kappa shape index (κ1) is 98.3. The van der Waals surface area contributed by atoms with Gasteiger partial charge in [-0.2, -0.15) is 0 Å². The second-order valence-corrected chi connectivity index (χ2v) is 29.0. The second kappa shape index (κ2) is 64.8. The molecule has 5 aromatic rings. The first-order chi connectivity index (χ1) is 53.7. The van der Waals surface area contributed by atoms with E-state index in [4.69, 9.17) is 42.6 Å². The Morgan fingerprint density at radius 1 is 0.360 bits per heavy atom. The van der Waals surface area contributed by atoms with Gasteiger partial charge in [-0.3, -0.25) is 0 Å². The van der Waals surface area contributed by atoms with Crippen LogP contribution in [0, 0.1) is 0 Å². The number of carbonyl (C=O) groups excluding carboxylic acids is 5. The molecule has 0 spiro atoms. The number of carbonyl (C=O) groups is 5. The normalized spacial score (nSPS) is 10.6. The molecule has 16 heteroatoms. The van der Waals surface area contributed by atoms with Gasteiger partial charge in [-0.1, -0.05) is 280 Å². The highest BCUT2D eigenvalue weighted by Crippen LogP contribution is 2.25. The highest BCUT2D eigenvalue weighted by Gasteiger charge is 2.24. The Kier molecular flexibility index (Phi) is 57.4. The molecule has 0 atom stereocenters. The van der Waals surface area contributed by atoms with Crippen LogP contribution in [0.4, 0.5) is 9.59 Å². The van der Waals surface area contributed by atoms with Crippen LogP contribution in [0.1, 0.15) is 275 Å². The van der Waals surface area contributed by atoms with E-state index in [1.165, 1.54) is 202 Å². The summed E-state index contributed by atoms with van der Waals surface area (Å²) in [5, 5.41) is 5.43. The van der Waals surface area contributed by atoms with Gasteiger partial charge in [0, 0.05) is 17.2 Å². The predicted octanol–water partition coefficient (Wildman–Crippen LogP) is 23.8. The van der Waals surface area contributed by atoms with Crippen molar-refractivity contribution in [1.82, 2.24) is 10.6 Å². The van der Waals surface area contributed by atoms with E-state index in [2.05, 4.69) is 113 Å². The fraction of sp³-hybridized carbons (Fsp3) is 0.547. The maximum atomic E-state index is 12.3. The first-order valence-corrected chi connectivity index (χ1v) is 41.7. The van der Waals surface area contributed by atoms with Crippen molar-refractivity contribution in [1.29, 1.82) is 0 Å². The third-order valence-electron chi connectivity index (χ3n) is 18.3. The molecule has 0 aromatic heterocycles.